The molecule has 8 heteroatoms. The van der Waals surface area contributed by atoms with Crippen molar-refractivity contribution >= 4 is 17.2 Å². The van der Waals surface area contributed by atoms with Crippen molar-refractivity contribution in [3.8, 4) is 10.4 Å². The molecule has 0 spiro atoms. The molecular formula is C17H17N5O2S. The average Bonchev–Trinajstić information content (AvgIpc) is 3.34. The topological polar surface area (TPSA) is 95.0 Å². The van der Waals surface area contributed by atoms with Crippen LogP contribution in [-0.4, -0.2) is 49.2 Å². The molecule has 0 unspecified atom stereocenters. The largest absolute Gasteiger partial charge is 0.382 e. The Balaban J connectivity index is 1.45. The molecule has 1 fully saturated rings. The number of aromatic amines is 1. The van der Waals surface area contributed by atoms with Gasteiger partial charge in [-0.05, 0) is 12.1 Å². The SMILES string of the molecule is O=C(c1csc(-c2cn[nH]c2)c1)N1CCC(O)(c2ncccn2)CC1. The van der Waals surface area contributed by atoms with Crippen LogP contribution in [-0.2, 0) is 5.60 Å². The van der Waals surface area contributed by atoms with E-state index < -0.39 is 5.60 Å². The van der Waals surface area contributed by atoms with Gasteiger partial charge in [0.05, 0.1) is 11.8 Å². The van der Waals surface area contributed by atoms with Crippen LogP contribution in [0.15, 0.2) is 42.3 Å². The number of aliphatic hydroxyl groups is 1. The fourth-order valence-corrected chi connectivity index (χ4v) is 3.88. The van der Waals surface area contributed by atoms with E-state index in [0.29, 0.717) is 37.3 Å². The second-order valence-electron chi connectivity index (χ2n) is 6.08. The molecular weight excluding hydrogens is 338 g/mol. The molecule has 1 aliphatic rings. The van der Waals surface area contributed by atoms with Crippen molar-refractivity contribution in [2.45, 2.75) is 18.4 Å². The normalized spacial score (nSPS) is 16.8. The van der Waals surface area contributed by atoms with Gasteiger partial charge >= 0.3 is 0 Å². The van der Waals surface area contributed by atoms with Crippen LogP contribution in [0, 0.1) is 0 Å². The van der Waals surface area contributed by atoms with Crippen LogP contribution in [0.25, 0.3) is 10.4 Å². The number of nitrogens with zero attached hydrogens (tertiary/aromatic N) is 4. The average molecular weight is 355 g/mol. The van der Waals surface area contributed by atoms with E-state index in [4.69, 9.17) is 0 Å². The molecule has 25 heavy (non-hydrogen) atoms. The van der Waals surface area contributed by atoms with E-state index in [9.17, 15) is 9.90 Å². The lowest BCUT2D eigenvalue weighted by Gasteiger charge is -2.36. The zero-order valence-corrected chi connectivity index (χ0v) is 14.2. The van der Waals surface area contributed by atoms with Crippen LogP contribution in [0.2, 0.25) is 0 Å². The predicted octanol–water partition coefficient (Wildman–Crippen LogP) is 2.05. The Morgan fingerprint density at radius 1 is 1.28 bits per heavy atom. The van der Waals surface area contributed by atoms with Crippen molar-refractivity contribution < 1.29 is 9.90 Å². The monoisotopic (exact) mass is 355 g/mol. The van der Waals surface area contributed by atoms with Gasteiger partial charge in [0.2, 0.25) is 0 Å². The van der Waals surface area contributed by atoms with Crippen molar-refractivity contribution in [2.24, 2.45) is 0 Å². The van der Waals surface area contributed by atoms with E-state index >= 15 is 0 Å². The van der Waals surface area contributed by atoms with Gasteiger partial charge in [-0.2, -0.15) is 5.10 Å². The number of H-pyrrole nitrogens is 1. The van der Waals surface area contributed by atoms with E-state index in [0.717, 1.165) is 10.4 Å². The molecule has 0 atom stereocenters. The lowest BCUT2D eigenvalue weighted by atomic mass is 9.90. The summed E-state index contributed by atoms with van der Waals surface area (Å²) >= 11 is 1.52. The fraction of sp³-hybridized carbons (Fsp3) is 0.294. The summed E-state index contributed by atoms with van der Waals surface area (Å²) in [5.74, 6) is 0.418. The highest BCUT2D eigenvalue weighted by Crippen LogP contribution is 2.32. The third kappa shape index (κ3) is 3.06. The summed E-state index contributed by atoms with van der Waals surface area (Å²) in [5, 5.41) is 19.3. The Kier molecular flexibility index (Phi) is 4.06. The number of carbonyl (C=O) groups excluding carboxylic acids is 1. The van der Waals surface area contributed by atoms with E-state index in [1.165, 1.54) is 11.3 Å². The molecule has 1 aliphatic heterocycles. The van der Waals surface area contributed by atoms with Gasteiger partial charge in [-0.3, -0.25) is 9.89 Å². The molecule has 0 radical (unpaired) electrons. The molecule has 0 bridgehead atoms. The number of piperidine rings is 1. The number of amides is 1. The van der Waals surface area contributed by atoms with Crippen molar-refractivity contribution in [3.05, 3.63) is 53.7 Å². The maximum Gasteiger partial charge on any atom is 0.254 e. The second-order valence-corrected chi connectivity index (χ2v) is 6.99. The zero-order valence-electron chi connectivity index (χ0n) is 13.4. The quantitative estimate of drug-likeness (QED) is 0.750. The third-order valence-corrected chi connectivity index (χ3v) is 5.47. The van der Waals surface area contributed by atoms with Gasteiger partial charge < -0.3 is 10.0 Å². The Hall–Kier alpha value is -2.58. The second kappa shape index (κ2) is 6.38. The number of likely N-dealkylation sites (tertiary alicyclic amines) is 1. The fourth-order valence-electron chi connectivity index (χ4n) is 3.01. The number of thiophene rings is 1. The smallest absolute Gasteiger partial charge is 0.254 e. The van der Waals surface area contributed by atoms with Crippen LogP contribution in [0.3, 0.4) is 0 Å². The molecule has 2 N–H and O–H groups in total. The Labute approximate surface area is 148 Å². The van der Waals surface area contributed by atoms with Gasteiger partial charge in [-0.25, -0.2) is 9.97 Å². The first kappa shape index (κ1) is 15.9. The summed E-state index contributed by atoms with van der Waals surface area (Å²) in [5.41, 5.74) is 0.579. The van der Waals surface area contributed by atoms with Gasteiger partial charge in [0.15, 0.2) is 5.82 Å². The number of hydrogen-bond acceptors (Lipinski definition) is 6. The molecule has 128 valence electrons. The van der Waals surface area contributed by atoms with Gasteiger partial charge in [-0.15, -0.1) is 11.3 Å². The summed E-state index contributed by atoms with van der Waals surface area (Å²) in [6.07, 6.45) is 7.66. The summed E-state index contributed by atoms with van der Waals surface area (Å²) in [6, 6.07) is 3.61. The van der Waals surface area contributed by atoms with Crippen LogP contribution in [0.1, 0.15) is 29.0 Å². The Morgan fingerprint density at radius 3 is 2.72 bits per heavy atom. The minimum Gasteiger partial charge on any atom is -0.382 e. The van der Waals surface area contributed by atoms with Crippen LogP contribution < -0.4 is 0 Å². The lowest BCUT2D eigenvalue weighted by Crippen LogP contribution is -2.45. The van der Waals surface area contributed by atoms with E-state index in [2.05, 4.69) is 20.2 Å². The molecule has 0 saturated carbocycles. The lowest BCUT2D eigenvalue weighted by molar-refractivity contribution is -0.0279. The van der Waals surface area contributed by atoms with Crippen LogP contribution >= 0.6 is 11.3 Å². The molecule has 3 aromatic heterocycles. The maximum atomic E-state index is 12.7. The van der Waals surface area contributed by atoms with E-state index in [1.54, 1.807) is 35.8 Å². The number of hydrogen-bond donors (Lipinski definition) is 2. The standard InChI is InChI=1S/C17H17N5O2S/c23-15(12-8-14(25-11-12)13-9-20-21-10-13)22-6-2-17(24,3-7-22)16-18-4-1-5-19-16/h1,4-5,8-11,24H,2-3,6-7H2,(H,20,21). The Morgan fingerprint density at radius 2 is 2.04 bits per heavy atom. The third-order valence-electron chi connectivity index (χ3n) is 4.49. The van der Waals surface area contributed by atoms with Crippen molar-refractivity contribution in [2.75, 3.05) is 13.1 Å². The predicted molar refractivity (Wildman–Crippen MR) is 93.0 cm³/mol. The van der Waals surface area contributed by atoms with E-state index in [-0.39, 0.29) is 5.91 Å². The summed E-state index contributed by atoms with van der Waals surface area (Å²) in [4.78, 5) is 23.8. The molecule has 0 aliphatic carbocycles. The number of carbonyl (C=O) groups is 1. The first-order chi connectivity index (χ1) is 12.2. The number of aromatic nitrogens is 4. The first-order valence-corrected chi connectivity index (χ1v) is 8.90. The van der Waals surface area contributed by atoms with Crippen molar-refractivity contribution in [3.63, 3.8) is 0 Å². The molecule has 1 saturated heterocycles. The highest BCUT2D eigenvalue weighted by atomic mass is 32.1. The highest BCUT2D eigenvalue weighted by molar-refractivity contribution is 7.13. The summed E-state index contributed by atoms with van der Waals surface area (Å²) in [7, 11) is 0. The van der Waals surface area contributed by atoms with Gasteiger partial charge in [0, 0.05) is 60.3 Å². The zero-order chi connectivity index (χ0) is 17.3. The van der Waals surface area contributed by atoms with Gasteiger partial charge in [0.1, 0.15) is 5.60 Å². The first-order valence-electron chi connectivity index (χ1n) is 8.02. The van der Waals surface area contributed by atoms with Crippen molar-refractivity contribution in [1.29, 1.82) is 0 Å². The maximum absolute atomic E-state index is 12.7. The molecule has 7 nitrogen and oxygen atoms in total. The molecule has 0 aromatic carbocycles. The van der Waals surface area contributed by atoms with Crippen molar-refractivity contribution in [1.82, 2.24) is 25.1 Å². The molecule has 1 amide bonds. The van der Waals surface area contributed by atoms with Gasteiger partial charge in [0.25, 0.3) is 5.91 Å². The van der Waals surface area contributed by atoms with Crippen LogP contribution in [0.5, 0.6) is 0 Å². The molecule has 3 aromatic rings. The highest BCUT2D eigenvalue weighted by Gasteiger charge is 2.38. The molecule has 4 rings (SSSR count). The van der Waals surface area contributed by atoms with Crippen LogP contribution in [0.4, 0.5) is 0 Å². The van der Waals surface area contributed by atoms with Gasteiger partial charge in [-0.1, -0.05) is 0 Å². The number of rotatable bonds is 3. The summed E-state index contributed by atoms with van der Waals surface area (Å²) in [6.45, 7) is 0.953. The van der Waals surface area contributed by atoms with E-state index in [1.807, 2.05) is 11.4 Å². The minimum absolute atomic E-state index is 0.0120. The minimum atomic E-state index is -1.06. The molecule has 4 heterocycles. The summed E-state index contributed by atoms with van der Waals surface area (Å²) < 4.78 is 0. The number of nitrogens with one attached hydrogen (secondary N) is 1. The Bertz CT molecular complexity index is 854.